The summed E-state index contributed by atoms with van der Waals surface area (Å²) in [4.78, 5) is 14.2. The molecule has 0 spiro atoms. The molecule has 3 nitrogen and oxygen atoms in total. The van der Waals surface area contributed by atoms with Gasteiger partial charge in [-0.3, -0.25) is 9.69 Å². The summed E-state index contributed by atoms with van der Waals surface area (Å²) in [5, 5.41) is 9.75. The van der Waals surface area contributed by atoms with Crippen molar-refractivity contribution in [3.05, 3.63) is 71.8 Å². The summed E-state index contributed by atoms with van der Waals surface area (Å²) < 4.78 is 0. The second-order valence-corrected chi connectivity index (χ2v) is 6.98. The molecule has 1 aliphatic rings. The summed E-state index contributed by atoms with van der Waals surface area (Å²) >= 11 is 0. The number of aliphatic carboxylic acids is 1. The Morgan fingerprint density at radius 1 is 1.04 bits per heavy atom. The normalized spacial score (nSPS) is 23.5. The second-order valence-electron chi connectivity index (χ2n) is 6.98. The highest BCUT2D eigenvalue weighted by atomic mass is 16.4. The fourth-order valence-electron chi connectivity index (χ4n) is 4.15. The fraction of sp³-hybridized carbons (Fsp3) is 0.409. The highest BCUT2D eigenvalue weighted by Gasteiger charge is 2.38. The Balaban J connectivity index is 1.80. The molecule has 2 aromatic carbocycles. The molecule has 1 fully saturated rings. The molecule has 25 heavy (non-hydrogen) atoms. The van der Waals surface area contributed by atoms with Gasteiger partial charge in [0.25, 0.3) is 0 Å². The van der Waals surface area contributed by atoms with E-state index in [0.29, 0.717) is 5.92 Å². The molecule has 3 heteroatoms. The Morgan fingerprint density at radius 2 is 1.68 bits per heavy atom. The van der Waals surface area contributed by atoms with E-state index >= 15 is 0 Å². The molecule has 0 aromatic heterocycles. The zero-order chi connectivity index (χ0) is 17.6. The van der Waals surface area contributed by atoms with Crippen LogP contribution >= 0.6 is 0 Å². The van der Waals surface area contributed by atoms with Crippen LogP contribution in [0.2, 0.25) is 0 Å². The predicted octanol–water partition coefficient (Wildman–Crippen LogP) is 4.55. The number of hydrogen-bond donors (Lipinski definition) is 1. The molecule has 0 heterocycles. The van der Waals surface area contributed by atoms with Gasteiger partial charge in [0.1, 0.15) is 0 Å². The van der Waals surface area contributed by atoms with Gasteiger partial charge in [0, 0.05) is 12.6 Å². The van der Waals surface area contributed by atoms with E-state index in [2.05, 4.69) is 48.2 Å². The predicted molar refractivity (Wildman–Crippen MR) is 100 cm³/mol. The summed E-state index contributed by atoms with van der Waals surface area (Å²) in [6.07, 6.45) is 2.63. The molecule has 0 amide bonds. The van der Waals surface area contributed by atoms with Crippen molar-refractivity contribution in [2.75, 3.05) is 6.54 Å². The highest BCUT2D eigenvalue weighted by molar-refractivity contribution is 5.71. The van der Waals surface area contributed by atoms with Crippen LogP contribution in [0, 0.1) is 5.92 Å². The van der Waals surface area contributed by atoms with E-state index in [9.17, 15) is 9.90 Å². The summed E-state index contributed by atoms with van der Waals surface area (Å²) in [7, 11) is 0. The van der Waals surface area contributed by atoms with Gasteiger partial charge in [-0.15, -0.1) is 0 Å². The van der Waals surface area contributed by atoms with Crippen LogP contribution in [0.5, 0.6) is 0 Å². The van der Waals surface area contributed by atoms with Gasteiger partial charge in [-0.25, -0.2) is 0 Å². The van der Waals surface area contributed by atoms with Gasteiger partial charge in [-0.2, -0.15) is 0 Å². The first-order valence-electron chi connectivity index (χ1n) is 9.24. The Hall–Kier alpha value is -2.13. The fourth-order valence-corrected chi connectivity index (χ4v) is 4.15. The van der Waals surface area contributed by atoms with Gasteiger partial charge in [-0.1, -0.05) is 67.6 Å². The lowest BCUT2D eigenvalue weighted by Gasteiger charge is -2.41. The van der Waals surface area contributed by atoms with Crippen LogP contribution in [0.4, 0.5) is 0 Å². The topological polar surface area (TPSA) is 40.5 Å². The van der Waals surface area contributed by atoms with Gasteiger partial charge >= 0.3 is 5.97 Å². The van der Waals surface area contributed by atoms with Crippen LogP contribution in [-0.4, -0.2) is 28.6 Å². The van der Waals surface area contributed by atoms with Gasteiger partial charge in [0.2, 0.25) is 0 Å². The largest absolute Gasteiger partial charge is 0.481 e. The Morgan fingerprint density at radius 3 is 2.28 bits per heavy atom. The van der Waals surface area contributed by atoms with Crippen LogP contribution in [0.15, 0.2) is 60.7 Å². The molecule has 3 rings (SSSR count). The van der Waals surface area contributed by atoms with Gasteiger partial charge in [0.05, 0.1) is 5.92 Å². The summed E-state index contributed by atoms with van der Waals surface area (Å²) in [6, 6.07) is 21.0. The van der Waals surface area contributed by atoms with Crippen LogP contribution in [0.1, 0.15) is 43.2 Å². The minimum atomic E-state index is -0.650. The number of hydrogen-bond acceptors (Lipinski definition) is 2. The minimum Gasteiger partial charge on any atom is -0.481 e. The van der Waals surface area contributed by atoms with Crippen LogP contribution in [0.25, 0.3) is 0 Å². The molecule has 1 aliphatic carbocycles. The summed E-state index contributed by atoms with van der Waals surface area (Å²) in [6.45, 7) is 3.81. The minimum absolute atomic E-state index is 0.0849. The highest BCUT2D eigenvalue weighted by Crippen LogP contribution is 2.38. The lowest BCUT2D eigenvalue weighted by atomic mass is 9.74. The van der Waals surface area contributed by atoms with E-state index in [4.69, 9.17) is 0 Å². The first-order valence-corrected chi connectivity index (χ1v) is 9.24. The Labute approximate surface area is 150 Å². The molecule has 132 valence electrons. The number of carbonyl (C=O) groups is 1. The monoisotopic (exact) mass is 337 g/mol. The molecular weight excluding hydrogens is 310 g/mol. The third-order valence-corrected chi connectivity index (χ3v) is 5.51. The third kappa shape index (κ3) is 4.29. The summed E-state index contributed by atoms with van der Waals surface area (Å²) in [5.41, 5.74) is 2.59. The van der Waals surface area contributed by atoms with Crippen molar-refractivity contribution in [1.82, 2.24) is 4.90 Å². The molecule has 2 aromatic rings. The quantitative estimate of drug-likeness (QED) is 0.841. The summed E-state index contributed by atoms with van der Waals surface area (Å²) in [5.74, 6) is -0.474. The van der Waals surface area contributed by atoms with Crippen LogP contribution in [0.3, 0.4) is 0 Å². The van der Waals surface area contributed by atoms with Gasteiger partial charge < -0.3 is 5.11 Å². The molecule has 3 atom stereocenters. The van der Waals surface area contributed by atoms with E-state index in [1.165, 1.54) is 11.1 Å². The molecule has 0 aliphatic heterocycles. The third-order valence-electron chi connectivity index (χ3n) is 5.51. The molecule has 1 N–H and O–H groups in total. The van der Waals surface area contributed by atoms with Crippen molar-refractivity contribution in [1.29, 1.82) is 0 Å². The van der Waals surface area contributed by atoms with E-state index in [-0.39, 0.29) is 12.0 Å². The average molecular weight is 337 g/mol. The number of carboxylic acids is 1. The molecular formula is C22H27NO2. The Bertz CT molecular complexity index is 671. The molecule has 0 bridgehead atoms. The average Bonchev–Trinajstić information content (AvgIpc) is 2.67. The van der Waals surface area contributed by atoms with Crippen molar-refractivity contribution in [2.24, 2.45) is 5.92 Å². The van der Waals surface area contributed by atoms with Crippen molar-refractivity contribution in [3.63, 3.8) is 0 Å². The number of benzene rings is 2. The van der Waals surface area contributed by atoms with Crippen molar-refractivity contribution in [2.45, 2.75) is 44.7 Å². The van der Waals surface area contributed by atoms with Crippen molar-refractivity contribution < 1.29 is 9.90 Å². The maximum atomic E-state index is 11.9. The SMILES string of the molecule is CCN(Cc1ccccc1)C1CC(c2ccccc2)CCC1C(=O)O. The van der Waals surface area contributed by atoms with E-state index in [0.717, 1.165) is 32.4 Å². The number of carboxylic acid groups (broad SMARTS) is 1. The molecule has 0 saturated heterocycles. The molecule has 1 saturated carbocycles. The zero-order valence-corrected chi connectivity index (χ0v) is 14.8. The molecule has 3 unspecified atom stereocenters. The van der Waals surface area contributed by atoms with E-state index in [1.807, 2.05) is 24.3 Å². The standard InChI is InChI=1S/C22H27NO2/c1-2-23(16-17-9-5-3-6-10-17)21-15-19(13-14-20(21)22(24)25)18-11-7-4-8-12-18/h3-12,19-21H,2,13-16H2,1H3,(H,24,25). The maximum absolute atomic E-state index is 11.9. The smallest absolute Gasteiger partial charge is 0.308 e. The lowest BCUT2D eigenvalue weighted by Crippen LogP contribution is -2.46. The van der Waals surface area contributed by atoms with Crippen LogP contribution in [-0.2, 0) is 11.3 Å². The Kier molecular flexibility index (Phi) is 5.87. The second kappa shape index (κ2) is 8.30. The zero-order valence-electron chi connectivity index (χ0n) is 14.8. The van der Waals surface area contributed by atoms with E-state index in [1.54, 1.807) is 0 Å². The lowest BCUT2D eigenvalue weighted by molar-refractivity contribution is -0.146. The van der Waals surface area contributed by atoms with Crippen LogP contribution < -0.4 is 0 Å². The maximum Gasteiger partial charge on any atom is 0.308 e. The molecule has 0 radical (unpaired) electrons. The number of rotatable bonds is 6. The van der Waals surface area contributed by atoms with Crippen molar-refractivity contribution in [3.8, 4) is 0 Å². The number of nitrogens with zero attached hydrogens (tertiary/aromatic N) is 1. The van der Waals surface area contributed by atoms with Crippen molar-refractivity contribution >= 4 is 5.97 Å². The van der Waals surface area contributed by atoms with E-state index < -0.39 is 5.97 Å². The first kappa shape index (κ1) is 17.7. The van der Waals surface area contributed by atoms with Gasteiger partial charge in [-0.05, 0) is 42.9 Å². The van der Waals surface area contributed by atoms with Gasteiger partial charge in [0.15, 0.2) is 0 Å². The first-order chi connectivity index (χ1) is 12.2.